The summed E-state index contributed by atoms with van der Waals surface area (Å²) in [6.45, 7) is 6.21. The van der Waals surface area contributed by atoms with Crippen LogP contribution in [0.1, 0.15) is 51.6 Å². The van der Waals surface area contributed by atoms with Crippen molar-refractivity contribution in [2.75, 3.05) is 18.5 Å². The second-order valence-electron chi connectivity index (χ2n) is 6.81. The molecule has 1 aliphatic rings. The Morgan fingerprint density at radius 3 is 2.83 bits per heavy atom. The van der Waals surface area contributed by atoms with Crippen LogP contribution in [0.3, 0.4) is 0 Å². The lowest BCUT2D eigenvalue weighted by atomic mass is 9.96. The van der Waals surface area contributed by atoms with Crippen LogP contribution in [-0.4, -0.2) is 41.6 Å². The highest BCUT2D eigenvalue weighted by atomic mass is 16.6. The predicted octanol–water partition coefficient (Wildman–Crippen LogP) is 3.14. The molecule has 1 aromatic heterocycles. The van der Waals surface area contributed by atoms with Gasteiger partial charge in [0.2, 0.25) is 6.41 Å². The third-order valence-corrected chi connectivity index (χ3v) is 3.84. The Kier molecular flexibility index (Phi) is 5.23. The molecule has 0 spiro atoms. The van der Waals surface area contributed by atoms with Crippen LogP contribution in [0, 0.1) is 0 Å². The van der Waals surface area contributed by atoms with Crippen molar-refractivity contribution in [2.24, 2.45) is 0 Å². The molecule has 0 aliphatic carbocycles. The largest absolute Gasteiger partial charge is 0.443 e. The van der Waals surface area contributed by atoms with Gasteiger partial charge in [0.15, 0.2) is 0 Å². The van der Waals surface area contributed by atoms with E-state index in [-0.39, 0.29) is 6.04 Å². The first-order valence-electron chi connectivity index (χ1n) is 7.96. The molecule has 1 atom stereocenters. The number of amides is 2. The second kappa shape index (κ2) is 6.98. The molecular formula is C17H25N3O3. The molecule has 0 bridgehead atoms. The lowest BCUT2D eigenvalue weighted by Gasteiger charge is -2.35. The maximum absolute atomic E-state index is 12.3. The highest BCUT2D eigenvalue weighted by molar-refractivity contribution is 5.87. The standard InChI is InChI=1S/C17H25N3O3/c1-17(2,3)23-16(22)19(4)15-13(8-7-10-18-15)14-9-5-6-11-20(14)12-21/h7-8,10,12,14H,5-6,9,11H2,1-4H3/t14-/m1/s1. The number of likely N-dealkylation sites (tertiary alicyclic amines) is 1. The summed E-state index contributed by atoms with van der Waals surface area (Å²) in [6.07, 6.45) is 5.01. The molecule has 0 aromatic carbocycles. The second-order valence-corrected chi connectivity index (χ2v) is 6.81. The van der Waals surface area contributed by atoms with E-state index in [0.29, 0.717) is 5.82 Å². The van der Waals surface area contributed by atoms with Gasteiger partial charge in [-0.05, 0) is 46.1 Å². The van der Waals surface area contributed by atoms with Gasteiger partial charge in [-0.25, -0.2) is 9.78 Å². The summed E-state index contributed by atoms with van der Waals surface area (Å²) in [5.41, 5.74) is 0.313. The van der Waals surface area contributed by atoms with Gasteiger partial charge in [0.05, 0.1) is 6.04 Å². The fraction of sp³-hybridized carbons (Fsp3) is 0.588. The van der Waals surface area contributed by atoms with Gasteiger partial charge in [0.25, 0.3) is 0 Å². The van der Waals surface area contributed by atoms with Crippen molar-refractivity contribution in [2.45, 2.75) is 51.7 Å². The van der Waals surface area contributed by atoms with Crippen LogP contribution in [0.4, 0.5) is 10.6 Å². The van der Waals surface area contributed by atoms with Crippen molar-refractivity contribution in [1.82, 2.24) is 9.88 Å². The summed E-state index contributed by atoms with van der Waals surface area (Å²) in [4.78, 5) is 31.2. The van der Waals surface area contributed by atoms with Gasteiger partial charge in [0, 0.05) is 25.4 Å². The van der Waals surface area contributed by atoms with E-state index in [2.05, 4.69) is 4.98 Å². The van der Waals surface area contributed by atoms with Gasteiger partial charge in [-0.1, -0.05) is 6.07 Å². The van der Waals surface area contributed by atoms with E-state index in [0.717, 1.165) is 37.8 Å². The van der Waals surface area contributed by atoms with E-state index in [1.807, 2.05) is 32.9 Å². The zero-order valence-electron chi connectivity index (χ0n) is 14.3. The molecule has 1 aliphatic heterocycles. The molecule has 0 radical (unpaired) electrons. The zero-order chi connectivity index (χ0) is 17.0. The van der Waals surface area contributed by atoms with Crippen LogP contribution < -0.4 is 4.90 Å². The molecule has 2 rings (SSSR count). The van der Waals surface area contributed by atoms with Crippen LogP contribution in [0.5, 0.6) is 0 Å². The third-order valence-electron chi connectivity index (χ3n) is 3.84. The number of nitrogens with zero attached hydrogens (tertiary/aromatic N) is 3. The number of hydrogen-bond acceptors (Lipinski definition) is 4. The number of piperidine rings is 1. The Bertz CT molecular complexity index is 568. The topological polar surface area (TPSA) is 62.7 Å². The van der Waals surface area contributed by atoms with Gasteiger partial charge in [-0.3, -0.25) is 9.69 Å². The number of carbonyl (C=O) groups is 2. The molecule has 23 heavy (non-hydrogen) atoms. The summed E-state index contributed by atoms with van der Waals surface area (Å²) in [7, 11) is 1.65. The lowest BCUT2D eigenvalue weighted by molar-refractivity contribution is -0.121. The molecule has 6 heteroatoms. The molecule has 2 amide bonds. The quantitative estimate of drug-likeness (QED) is 0.803. The maximum Gasteiger partial charge on any atom is 0.415 e. The summed E-state index contributed by atoms with van der Waals surface area (Å²) in [5, 5.41) is 0. The number of hydrogen-bond donors (Lipinski definition) is 0. The fourth-order valence-electron chi connectivity index (χ4n) is 2.78. The van der Waals surface area contributed by atoms with Gasteiger partial charge in [-0.15, -0.1) is 0 Å². The Labute approximate surface area is 137 Å². The average Bonchev–Trinajstić information content (AvgIpc) is 2.52. The molecular weight excluding hydrogens is 294 g/mol. The minimum atomic E-state index is -0.569. The molecule has 1 fully saturated rings. The van der Waals surface area contributed by atoms with Crippen LogP contribution in [-0.2, 0) is 9.53 Å². The van der Waals surface area contributed by atoms with Crippen LogP contribution >= 0.6 is 0 Å². The molecule has 126 valence electrons. The molecule has 0 N–H and O–H groups in total. The van der Waals surface area contributed by atoms with E-state index < -0.39 is 11.7 Å². The first-order chi connectivity index (χ1) is 10.8. The third kappa shape index (κ3) is 4.21. The highest BCUT2D eigenvalue weighted by Crippen LogP contribution is 2.34. The molecule has 0 saturated carbocycles. The average molecular weight is 319 g/mol. The van der Waals surface area contributed by atoms with Gasteiger partial charge < -0.3 is 9.64 Å². The number of anilines is 1. The SMILES string of the molecule is CN(C(=O)OC(C)(C)C)c1ncccc1[C@H]1CCCCN1C=O. The minimum Gasteiger partial charge on any atom is -0.443 e. The van der Waals surface area contributed by atoms with Gasteiger partial charge in [-0.2, -0.15) is 0 Å². The fourth-order valence-corrected chi connectivity index (χ4v) is 2.78. The summed E-state index contributed by atoms with van der Waals surface area (Å²) in [6, 6.07) is 3.71. The van der Waals surface area contributed by atoms with Crippen LogP contribution in [0.2, 0.25) is 0 Å². The Morgan fingerprint density at radius 2 is 2.17 bits per heavy atom. The number of carbonyl (C=O) groups excluding carboxylic acids is 2. The Hall–Kier alpha value is -2.11. The first-order valence-corrected chi connectivity index (χ1v) is 7.96. The lowest BCUT2D eigenvalue weighted by Crippen LogP contribution is -2.37. The highest BCUT2D eigenvalue weighted by Gasteiger charge is 2.29. The summed E-state index contributed by atoms with van der Waals surface area (Å²) < 4.78 is 5.41. The van der Waals surface area contributed by atoms with E-state index in [9.17, 15) is 9.59 Å². The van der Waals surface area contributed by atoms with E-state index in [4.69, 9.17) is 4.74 Å². The van der Waals surface area contributed by atoms with Crippen molar-refractivity contribution >= 4 is 18.3 Å². The van der Waals surface area contributed by atoms with Crippen molar-refractivity contribution < 1.29 is 14.3 Å². The maximum atomic E-state index is 12.3. The minimum absolute atomic E-state index is 0.0464. The molecule has 1 saturated heterocycles. The van der Waals surface area contributed by atoms with Crippen molar-refractivity contribution in [1.29, 1.82) is 0 Å². The normalized spacial score (nSPS) is 18.4. The summed E-state index contributed by atoms with van der Waals surface area (Å²) in [5.74, 6) is 0.542. The summed E-state index contributed by atoms with van der Waals surface area (Å²) >= 11 is 0. The molecule has 2 heterocycles. The van der Waals surface area contributed by atoms with Crippen molar-refractivity contribution in [3.05, 3.63) is 23.9 Å². The zero-order valence-corrected chi connectivity index (χ0v) is 14.3. The van der Waals surface area contributed by atoms with Crippen LogP contribution in [0.25, 0.3) is 0 Å². The van der Waals surface area contributed by atoms with E-state index in [1.165, 1.54) is 4.90 Å². The van der Waals surface area contributed by atoms with E-state index in [1.54, 1.807) is 18.1 Å². The molecule has 1 aromatic rings. The van der Waals surface area contributed by atoms with Crippen molar-refractivity contribution in [3.8, 4) is 0 Å². The van der Waals surface area contributed by atoms with E-state index >= 15 is 0 Å². The number of pyridine rings is 1. The Morgan fingerprint density at radius 1 is 1.43 bits per heavy atom. The molecule has 6 nitrogen and oxygen atoms in total. The predicted molar refractivity (Wildman–Crippen MR) is 88.2 cm³/mol. The number of rotatable bonds is 3. The molecule has 0 unspecified atom stereocenters. The van der Waals surface area contributed by atoms with Gasteiger partial charge in [0.1, 0.15) is 11.4 Å². The first kappa shape index (κ1) is 17.2. The number of aromatic nitrogens is 1. The number of ether oxygens (including phenoxy) is 1. The van der Waals surface area contributed by atoms with Crippen molar-refractivity contribution in [3.63, 3.8) is 0 Å². The van der Waals surface area contributed by atoms with Gasteiger partial charge >= 0.3 is 6.09 Å². The monoisotopic (exact) mass is 319 g/mol. The van der Waals surface area contributed by atoms with Crippen LogP contribution in [0.15, 0.2) is 18.3 Å². The Balaban J connectivity index is 2.29. The smallest absolute Gasteiger partial charge is 0.415 e.